The number of benzene rings is 2. The highest BCUT2D eigenvalue weighted by Gasteiger charge is 2.09. The molecule has 5 aromatic rings. The van der Waals surface area contributed by atoms with Gasteiger partial charge in [-0.15, -0.1) is 0 Å². The smallest absolute Gasteiger partial charge is 0.224 e. The van der Waals surface area contributed by atoms with Crippen LogP contribution in [0.25, 0.3) is 21.8 Å². The lowest BCUT2D eigenvalue weighted by atomic mass is 10.1. The van der Waals surface area contributed by atoms with Crippen LogP contribution >= 0.6 is 0 Å². The van der Waals surface area contributed by atoms with Crippen LogP contribution < -0.4 is 10.2 Å². The van der Waals surface area contributed by atoms with Gasteiger partial charge in [-0.2, -0.15) is 4.98 Å². The van der Waals surface area contributed by atoms with Crippen LogP contribution in [0, 0.1) is 6.92 Å². The summed E-state index contributed by atoms with van der Waals surface area (Å²) in [6, 6.07) is 18.9. The van der Waals surface area contributed by atoms with Crippen molar-refractivity contribution in [3.8, 4) is 0 Å². The molecule has 0 bridgehead atoms. The second-order valence-corrected chi connectivity index (χ2v) is 7.27. The Kier molecular flexibility index (Phi) is 4.17. The first kappa shape index (κ1) is 17.3. The number of aromatic amines is 2. The summed E-state index contributed by atoms with van der Waals surface area (Å²) in [4.78, 5) is 17.7. The fourth-order valence-electron chi connectivity index (χ4n) is 3.62. The molecule has 0 aliphatic heterocycles. The Bertz CT molecular complexity index is 1300. The summed E-state index contributed by atoms with van der Waals surface area (Å²) in [6.45, 7) is 2.74. The van der Waals surface area contributed by atoms with E-state index in [2.05, 4.69) is 80.6 Å². The van der Waals surface area contributed by atoms with Gasteiger partial charge >= 0.3 is 0 Å². The summed E-state index contributed by atoms with van der Waals surface area (Å²) in [5, 5.41) is 5.73. The molecule has 0 saturated carbocycles. The van der Waals surface area contributed by atoms with Crippen molar-refractivity contribution in [2.24, 2.45) is 0 Å². The van der Waals surface area contributed by atoms with Gasteiger partial charge in [-0.3, -0.25) is 0 Å². The molecule has 3 aromatic heterocycles. The number of anilines is 3. The van der Waals surface area contributed by atoms with E-state index in [1.54, 1.807) is 6.20 Å². The molecule has 3 N–H and O–H groups in total. The largest absolute Gasteiger partial charge is 0.361 e. The Morgan fingerprint density at radius 3 is 2.79 bits per heavy atom. The van der Waals surface area contributed by atoms with Crippen LogP contribution in [0.15, 0.2) is 67.0 Å². The number of hydrogen-bond donors (Lipinski definition) is 3. The highest BCUT2D eigenvalue weighted by atomic mass is 15.2. The van der Waals surface area contributed by atoms with E-state index >= 15 is 0 Å². The molecule has 0 atom stereocenters. The molecule has 0 spiro atoms. The molecular weight excluding hydrogens is 360 g/mol. The molecule has 6 heteroatoms. The number of hydrogen-bond acceptors (Lipinski definition) is 4. The molecule has 0 amide bonds. The zero-order valence-electron chi connectivity index (χ0n) is 16.4. The predicted molar refractivity (Wildman–Crippen MR) is 119 cm³/mol. The van der Waals surface area contributed by atoms with Crippen LogP contribution in [-0.2, 0) is 6.54 Å². The van der Waals surface area contributed by atoms with Gasteiger partial charge in [-0.25, -0.2) is 4.98 Å². The highest BCUT2D eigenvalue weighted by molar-refractivity contribution is 5.85. The molecule has 0 fully saturated rings. The lowest BCUT2D eigenvalue weighted by Crippen LogP contribution is -2.13. The Hall–Kier alpha value is -3.80. The van der Waals surface area contributed by atoms with Gasteiger partial charge in [-0.1, -0.05) is 6.07 Å². The van der Waals surface area contributed by atoms with Gasteiger partial charge in [0.2, 0.25) is 5.95 Å². The number of aromatic nitrogens is 4. The van der Waals surface area contributed by atoms with Crippen LogP contribution in [0.4, 0.5) is 17.5 Å². The van der Waals surface area contributed by atoms with Gasteiger partial charge in [0.05, 0.1) is 0 Å². The van der Waals surface area contributed by atoms with Crippen LogP contribution in [0.5, 0.6) is 0 Å². The molecular formula is C23H22N6. The third kappa shape index (κ3) is 3.40. The van der Waals surface area contributed by atoms with Crippen molar-refractivity contribution in [3.05, 3.63) is 78.2 Å². The lowest BCUT2D eigenvalue weighted by Gasteiger charge is -2.19. The summed E-state index contributed by atoms with van der Waals surface area (Å²) >= 11 is 0. The van der Waals surface area contributed by atoms with E-state index in [0.29, 0.717) is 12.5 Å². The summed E-state index contributed by atoms with van der Waals surface area (Å²) in [6.07, 6.45) is 3.74. The van der Waals surface area contributed by atoms with E-state index in [4.69, 9.17) is 4.98 Å². The quantitative estimate of drug-likeness (QED) is 0.394. The van der Waals surface area contributed by atoms with Crippen LogP contribution in [0.3, 0.4) is 0 Å². The van der Waals surface area contributed by atoms with Gasteiger partial charge in [0.1, 0.15) is 5.82 Å². The van der Waals surface area contributed by atoms with Gasteiger partial charge < -0.3 is 20.2 Å². The average Bonchev–Trinajstić information content (AvgIpc) is 3.36. The maximum absolute atomic E-state index is 4.69. The predicted octanol–water partition coefficient (Wildman–Crippen LogP) is 5.13. The fourth-order valence-corrected chi connectivity index (χ4v) is 3.62. The number of H-pyrrole nitrogens is 2. The molecule has 2 aromatic carbocycles. The number of nitrogens with zero attached hydrogens (tertiary/aromatic N) is 3. The van der Waals surface area contributed by atoms with Crippen molar-refractivity contribution in [1.29, 1.82) is 0 Å². The van der Waals surface area contributed by atoms with Crippen molar-refractivity contribution in [2.75, 3.05) is 17.3 Å². The Morgan fingerprint density at radius 2 is 1.86 bits per heavy atom. The third-order valence-electron chi connectivity index (χ3n) is 5.18. The van der Waals surface area contributed by atoms with E-state index in [0.717, 1.165) is 28.2 Å². The van der Waals surface area contributed by atoms with Crippen LogP contribution in [0.1, 0.15) is 11.3 Å². The van der Waals surface area contributed by atoms with Crippen molar-refractivity contribution in [3.63, 3.8) is 0 Å². The third-order valence-corrected chi connectivity index (χ3v) is 5.18. The molecule has 5 rings (SSSR count). The molecule has 6 nitrogen and oxygen atoms in total. The second-order valence-electron chi connectivity index (χ2n) is 7.27. The van der Waals surface area contributed by atoms with Gasteiger partial charge in [0.15, 0.2) is 0 Å². The van der Waals surface area contributed by atoms with Crippen molar-refractivity contribution in [2.45, 2.75) is 13.5 Å². The Balaban J connectivity index is 1.35. The molecule has 0 aliphatic rings. The van der Waals surface area contributed by atoms with Gasteiger partial charge in [0, 0.05) is 53.8 Å². The van der Waals surface area contributed by atoms with E-state index in [-0.39, 0.29) is 0 Å². The van der Waals surface area contributed by atoms with E-state index in [1.165, 1.54) is 16.3 Å². The summed E-state index contributed by atoms with van der Waals surface area (Å²) in [7, 11) is 2.02. The van der Waals surface area contributed by atoms with Gasteiger partial charge in [0.25, 0.3) is 0 Å². The minimum atomic E-state index is 0.613. The zero-order valence-corrected chi connectivity index (χ0v) is 16.4. The van der Waals surface area contributed by atoms with Crippen LogP contribution in [-0.4, -0.2) is 27.0 Å². The zero-order chi connectivity index (χ0) is 19.8. The summed E-state index contributed by atoms with van der Waals surface area (Å²) in [5.74, 6) is 1.46. The Morgan fingerprint density at radius 1 is 0.966 bits per heavy atom. The molecule has 29 heavy (non-hydrogen) atoms. The van der Waals surface area contributed by atoms with Crippen molar-refractivity contribution >= 4 is 39.3 Å². The van der Waals surface area contributed by atoms with E-state index < -0.39 is 0 Å². The normalized spacial score (nSPS) is 11.2. The molecule has 0 saturated heterocycles. The molecule has 144 valence electrons. The maximum Gasteiger partial charge on any atom is 0.224 e. The Labute approximate surface area is 168 Å². The van der Waals surface area contributed by atoms with Gasteiger partial charge in [-0.05, 0) is 66.4 Å². The SMILES string of the molecule is Cc1cc2cc(N(C)c3ccnc(NCc4ccc5[nH]ccc5c4)n3)ccc2[nH]1. The summed E-state index contributed by atoms with van der Waals surface area (Å²) < 4.78 is 0. The number of rotatable bonds is 5. The van der Waals surface area contributed by atoms with Crippen LogP contribution in [0.2, 0.25) is 0 Å². The van der Waals surface area contributed by atoms with E-state index in [9.17, 15) is 0 Å². The molecule has 0 radical (unpaired) electrons. The monoisotopic (exact) mass is 382 g/mol. The van der Waals surface area contributed by atoms with Crippen molar-refractivity contribution in [1.82, 2.24) is 19.9 Å². The average molecular weight is 382 g/mol. The van der Waals surface area contributed by atoms with Crippen molar-refractivity contribution < 1.29 is 0 Å². The number of fused-ring (bicyclic) bond motifs is 2. The summed E-state index contributed by atoms with van der Waals surface area (Å²) in [5.41, 5.74) is 5.71. The molecule has 0 unspecified atom stereocenters. The lowest BCUT2D eigenvalue weighted by molar-refractivity contribution is 1.03. The second kappa shape index (κ2) is 6.98. The fraction of sp³-hybridized carbons (Fsp3) is 0.130. The first-order valence-electron chi connectivity index (χ1n) is 9.62. The standard InChI is InChI=1S/C23H22N6/c1-15-11-18-13-19(4-6-21(18)27-15)29(2)22-8-10-25-23(28-22)26-14-16-3-5-20-17(12-16)7-9-24-20/h3-13,24,27H,14H2,1-2H3,(H,25,26,28). The highest BCUT2D eigenvalue weighted by Crippen LogP contribution is 2.26. The van der Waals surface area contributed by atoms with E-state index in [1.807, 2.05) is 19.3 Å². The first-order valence-corrected chi connectivity index (χ1v) is 9.62. The maximum atomic E-state index is 4.69. The number of nitrogens with one attached hydrogen (secondary N) is 3. The molecule has 3 heterocycles. The topological polar surface area (TPSA) is 72.6 Å². The minimum Gasteiger partial charge on any atom is -0.361 e. The first-order chi connectivity index (χ1) is 14.2. The minimum absolute atomic E-state index is 0.613. The number of aryl methyl sites for hydroxylation is 1. The molecule has 0 aliphatic carbocycles.